The molecule has 0 radical (unpaired) electrons. The van der Waals surface area contributed by atoms with Gasteiger partial charge in [-0.15, -0.1) is 11.3 Å². The average molecular weight is 348 g/mol. The number of carbonyl (C=O) groups is 1. The lowest BCUT2D eigenvalue weighted by molar-refractivity contribution is -0.130. The Morgan fingerprint density at radius 2 is 2.12 bits per heavy atom. The zero-order chi connectivity index (χ0) is 17.5. The summed E-state index contributed by atoms with van der Waals surface area (Å²) in [7, 11) is 1.63. The summed E-state index contributed by atoms with van der Waals surface area (Å²) >= 11 is 1.55. The van der Waals surface area contributed by atoms with Gasteiger partial charge in [-0.1, -0.05) is 12.1 Å². The second-order valence-corrected chi connectivity index (χ2v) is 6.60. The summed E-state index contributed by atoms with van der Waals surface area (Å²) in [5.41, 5.74) is 3.24. The number of aromatic nitrogens is 1. The van der Waals surface area contributed by atoms with E-state index in [1.165, 1.54) is 5.56 Å². The number of thiazole rings is 1. The van der Waals surface area contributed by atoms with Gasteiger partial charge in [0.25, 0.3) is 0 Å². The first-order valence-corrected chi connectivity index (χ1v) is 8.76. The highest BCUT2D eigenvalue weighted by Gasteiger charge is 2.12. The molecule has 0 spiro atoms. The fourth-order valence-electron chi connectivity index (χ4n) is 2.25. The van der Waals surface area contributed by atoms with Crippen molar-refractivity contribution in [3.8, 4) is 5.75 Å². The van der Waals surface area contributed by atoms with Gasteiger partial charge in [-0.05, 0) is 31.0 Å². The zero-order valence-electron chi connectivity index (χ0n) is 14.7. The van der Waals surface area contributed by atoms with Gasteiger partial charge in [0.1, 0.15) is 17.4 Å². The first kappa shape index (κ1) is 18.4. The molecule has 0 fully saturated rings. The molecule has 0 aliphatic heterocycles. The number of amides is 1. The number of hydrogen-bond acceptors (Lipinski definition) is 5. The van der Waals surface area contributed by atoms with Gasteiger partial charge >= 0.3 is 0 Å². The Bertz CT molecular complexity index is 685. The van der Waals surface area contributed by atoms with E-state index in [-0.39, 0.29) is 5.91 Å². The lowest BCUT2D eigenvalue weighted by Crippen LogP contribution is -2.31. The molecule has 5 nitrogen and oxygen atoms in total. The van der Waals surface area contributed by atoms with E-state index in [4.69, 9.17) is 9.47 Å². The third-order valence-electron chi connectivity index (χ3n) is 3.87. The van der Waals surface area contributed by atoms with Crippen molar-refractivity contribution in [2.45, 2.75) is 33.9 Å². The van der Waals surface area contributed by atoms with Crippen LogP contribution in [-0.4, -0.2) is 36.1 Å². The number of aryl methyl sites for hydroxylation is 1. The Labute approximate surface area is 147 Å². The minimum Gasteiger partial charge on any atom is -0.486 e. The molecule has 0 aliphatic carbocycles. The van der Waals surface area contributed by atoms with Crippen LogP contribution in [0.2, 0.25) is 0 Å². The summed E-state index contributed by atoms with van der Waals surface area (Å²) in [6.07, 6.45) is 0. The van der Waals surface area contributed by atoms with Crippen molar-refractivity contribution >= 4 is 17.2 Å². The number of rotatable bonds is 8. The average Bonchev–Trinajstić information content (AvgIpc) is 3.00. The lowest BCUT2D eigenvalue weighted by Gasteiger charge is -2.19. The molecule has 24 heavy (non-hydrogen) atoms. The Morgan fingerprint density at radius 1 is 1.33 bits per heavy atom. The van der Waals surface area contributed by atoms with Gasteiger partial charge < -0.3 is 14.4 Å². The van der Waals surface area contributed by atoms with Crippen LogP contribution in [0.4, 0.5) is 0 Å². The third-order valence-corrected chi connectivity index (χ3v) is 4.74. The molecule has 2 rings (SSSR count). The third kappa shape index (κ3) is 5.04. The highest BCUT2D eigenvalue weighted by Crippen LogP contribution is 2.22. The van der Waals surface area contributed by atoms with Crippen molar-refractivity contribution in [2.24, 2.45) is 0 Å². The van der Waals surface area contributed by atoms with Crippen LogP contribution in [0.15, 0.2) is 23.6 Å². The maximum Gasteiger partial charge on any atom is 0.219 e. The van der Waals surface area contributed by atoms with E-state index in [0.29, 0.717) is 26.3 Å². The topological polar surface area (TPSA) is 51.7 Å². The maximum atomic E-state index is 11.7. The minimum atomic E-state index is 0.0215. The Balaban J connectivity index is 1.95. The Hall–Kier alpha value is -1.92. The number of benzene rings is 1. The molecule has 1 heterocycles. The summed E-state index contributed by atoms with van der Waals surface area (Å²) in [4.78, 5) is 18.0. The second-order valence-electron chi connectivity index (χ2n) is 5.65. The maximum absolute atomic E-state index is 11.7. The van der Waals surface area contributed by atoms with Gasteiger partial charge in [-0.2, -0.15) is 0 Å². The van der Waals surface area contributed by atoms with Crippen molar-refractivity contribution in [1.82, 2.24) is 9.88 Å². The van der Waals surface area contributed by atoms with E-state index in [0.717, 1.165) is 22.0 Å². The highest BCUT2D eigenvalue weighted by atomic mass is 32.1. The molecular weight excluding hydrogens is 324 g/mol. The smallest absolute Gasteiger partial charge is 0.219 e. The van der Waals surface area contributed by atoms with Crippen LogP contribution in [0.25, 0.3) is 0 Å². The normalized spacial score (nSPS) is 10.7. The molecule has 6 heteroatoms. The number of hydrogen-bond donors (Lipinski definition) is 0. The highest BCUT2D eigenvalue weighted by molar-refractivity contribution is 7.09. The van der Waals surface area contributed by atoms with Crippen LogP contribution in [-0.2, 0) is 22.7 Å². The molecule has 0 N–H and O–H groups in total. The van der Waals surface area contributed by atoms with Gasteiger partial charge in [-0.3, -0.25) is 4.79 Å². The molecule has 0 saturated carbocycles. The minimum absolute atomic E-state index is 0.0215. The molecule has 1 aromatic heterocycles. The van der Waals surface area contributed by atoms with E-state index >= 15 is 0 Å². The molecule has 0 unspecified atom stereocenters. The van der Waals surface area contributed by atoms with Crippen LogP contribution in [0.3, 0.4) is 0 Å². The molecule has 1 amide bonds. The SMILES string of the molecule is COCCN(Cc1csc(COc2cccc(C)c2C)n1)C(C)=O. The molecule has 2 aromatic rings. The number of methoxy groups -OCH3 is 1. The van der Waals surface area contributed by atoms with Crippen molar-refractivity contribution in [1.29, 1.82) is 0 Å². The number of nitrogens with zero attached hydrogens (tertiary/aromatic N) is 2. The zero-order valence-corrected chi connectivity index (χ0v) is 15.5. The summed E-state index contributed by atoms with van der Waals surface area (Å²) < 4.78 is 10.9. The van der Waals surface area contributed by atoms with Crippen molar-refractivity contribution in [3.63, 3.8) is 0 Å². The molecule has 0 saturated heterocycles. The first-order valence-electron chi connectivity index (χ1n) is 7.88. The molecule has 0 atom stereocenters. The number of carbonyl (C=O) groups excluding carboxylic acids is 1. The van der Waals surface area contributed by atoms with Crippen molar-refractivity contribution in [3.05, 3.63) is 45.4 Å². The summed E-state index contributed by atoms with van der Waals surface area (Å²) in [6, 6.07) is 6.03. The van der Waals surface area contributed by atoms with Crippen molar-refractivity contribution in [2.75, 3.05) is 20.3 Å². The summed E-state index contributed by atoms with van der Waals surface area (Å²) in [5, 5.41) is 2.88. The van der Waals surface area contributed by atoms with Crippen LogP contribution in [0, 0.1) is 13.8 Å². The second kappa shape index (κ2) is 8.80. The predicted octanol–water partition coefficient (Wildman–Crippen LogP) is 3.33. The van der Waals surface area contributed by atoms with E-state index in [1.54, 1.807) is 30.3 Å². The molecule has 130 valence electrons. The Kier molecular flexibility index (Phi) is 6.75. The standard InChI is InChI=1S/C18H24N2O3S/c1-13-6-5-7-17(14(13)2)23-11-18-19-16(12-24-18)10-20(15(3)21)8-9-22-4/h5-7,12H,8-11H2,1-4H3. The van der Waals surface area contributed by atoms with Crippen LogP contribution < -0.4 is 4.74 Å². The van der Waals surface area contributed by atoms with Gasteiger partial charge in [0.15, 0.2) is 0 Å². The van der Waals surface area contributed by atoms with Gasteiger partial charge in [0, 0.05) is 26.0 Å². The van der Waals surface area contributed by atoms with Crippen LogP contribution >= 0.6 is 11.3 Å². The quantitative estimate of drug-likeness (QED) is 0.734. The first-order chi connectivity index (χ1) is 11.5. The van der Waals surface area contributed by atoms with Gasteiger partial charge in [-0.25, -0.2) is 4.98 Å². The number of ether oxygens (including phenoxy) is 2. The fourth-order valence-corrected chi connectivity index (χ4v) is 2.95. The van der Waals surface area contributed by atoms with Crippen LogP contribution in [0.5, 0.6) is 5.75 Å². The molecule has 1 aromatic carbocycles. The molecule has 0 bridgehead atoms. The van der Waals surface area contributed by atoms with E-state index in [1.807, 2.05) is 17.5 Å². The monoisotopic (exact) mass is 348 g/mol. The van der Waals surface area contributed by atoms with Gasteiger partial charge in [0.05, 0.1) is 18.8 Å². The predicted molar refractivity (Wildman–Crippen MR) is 95.3 cm³/mol. The molecular formula is C18H24N2O3S. The van der Waals surface area contributed by atoms with Gasteiger partial charge in [0.2, 0.25) is 5.91 Å². The van der Waals surface area contributed by atoms with Crippen LogP contribution in [0.1, 0.15) is 28.8 Å². The molecule has 0 aliphatic rings. The van der Waals surface area contributed by atoms with E-state index < -0.39 is 0 Å². The Morgan fingerprint density at radius 3 is 2.83 bits per heavy atom. The van der Waals surface area contributed by atoms with Crippen molar-refractivity contribution < 1.29 is 14.3 Å². The largest absolute Gasteiger partial charge is 0.486 e. The van der Waals surface area contributed by atoms with E-state index in [9.17, 15) is 4.79 Å². The lowest BCUT2D eigenvalue weighted by atomic mass is 10.1. The summed E-state index contributed by atoms with van der Waals surface area (Å²) in [6.45, 7) is 7.71. The van der Waals surface area contributed by atoms with E-state index in [2.05, 4.69) is 24.9 Å². The fraction of sp³-hybridized carbons (Fsp3) is 0.444. The summed E-state index contributed by atoms with van der Waals surface area (Å²) in [5.74, 6) is 0.908.